The molecule has 3 aliphatic rings. The average molecular weight is 704 g/mol. The summed E-state index contributed by atoms with van der Waals surface area (Å²) in [6, 6.07) is 19.0. The van der Waals surface area contributed by atoms with Crippen LogP contribution in [0.1, 0.15) is 78.1 Å². The number of ether oxygens (including phenoxy) is 1. The number of hydrogen-bond donors (Lipinski definition) is 3. The van der Waals surface area contributed by atoms with E-state index in [2.05, 4.69) is 91.3 Å². The van der Waals surface area contributed by atoms with Crippen LogP contribution in [0.15, 0.2) is 66.9 Å². The summed E-state index contributed by atoms with van der Waals surface area (Å²) in [7, 11) is 0. The van der Waals surface area contributed by atoms with Gasteiger partial charge in [-0.3, -0.25) is 0 Å². The molecule has 9 heteroatoms. The summed E-state index contributed by atoms with van der Waals surface area (Å²) in [5, 5.41) is 16.7. The summed E-state index contributed by atoms with van der Waals surface area (Å²) in [5.41, 5.74) is 6.61. The second-order valence-electron chi connectivity index (χ2n) is 12.0. The van der Waals surface area contributed by atoms with Crippen LogP contribution in [-0.4, -0.2) is 43.6 Å². The Morgan fingerprint density at radius 1 is 1.07 bits per heavy atom. The number of nitrogens with zero attached hydrogens (tertiary/aromatic N) is 3. The van der Waals surface area contributed by atoms with E-state index in [1.54, 1.807) is 0 Å². The van der Waals surface area contributed by atoms with Crippen molar-refractivity contribution in [3.05, 3.63) is 104 Å². The molecular weight excluding hydrogens is 663 g/mol. The molecule has 1 aliphatic carbocycles. The molecule has 4 aromatic rings. The van der Waals surface area contributed by atoms with Crippen LogP contribution in [0.2, 0.25) is 0 Å². The van der Waals surface area contributed by atoms with Gasteiger partial charge < -0.3 is 0 Å². The van der Waals surface area contributed by atoms with E-state index in [0.29, 0.717) is 13.2 Å². The van der Waals surface area contributed by atoms with Crippen molar-refractivity contribution in [3.8, 4) is 0 Å². The van der Waals surface area contributed by atoms with Crippen LogP contribution in [0.4, 0.5) is 5.69 Å². The van der Waals surface area contributed by atoms with E-state index in [0.717, 1.165) is 69.6 Å². The Morgan fingerprint density at radius 2 is 1.91 bits per heavy atom. The van der Waals surface area contributed by atoms with Crippen LogP contribution in [0.25, 0.3) is 6.08 Å². The summed E-state index contributed by atoms with van der Waals surface area (Å²) >= 11 is -0.609. The Hall–Kier alpha value is -3.44. The van der Waals surface area contributed by atoms with Crippen molar-refractivity contribution >= 4 is 17.7 Å². The van der Waals surface area contributed by atoms with Gasteiger partial charge in [-0.15, -0.1) is 0 Å². The van der Waals surface area contributed by atoms with Crippen LogP contribution >= 0.6 is 0 Å². The number of aromatic nitrogens is 4. The van der Waals surface area contributed by atoms with E-state index in [-0.39, 0.29) is 23.8 Å². The third-order valence-corrected chi connectivity index (χ3v) is 11.9. The first-order valence-electron chi connectivity index (χ1n) is 15.9. The fraction of sp³-hybridized carbons (Fsp3) is 0.400. The van der Waals surface area contributed by atoms with E-state index in [1.807, 2.05) is 0 Å². The van der Waals surface area contributed by atoms with Gasteiger partial charge in [0.05, 0.1) is 0 Å². The molecule has 2 aromatic heterocycles. The second-order valence-corrected chi connectivity index (χ2v) is 14.7. The quantitative estimate of drug-likeness (QED) is 0.209. The molecule has 0 saturated carbocycles. The molecule has 1 saturated heterocycles. The van der Waals surface area contributed by atoms with E-state index >= 15 is 0 Å². The number of hydrogen-bond acceptors (Lipinski definition) is 5. The van der Waals surface area contributed by atoms with E-state index < -0.39 is 21.5 Å². The molecule has 2 aromatic carbocycles. The number of benzene rings is 2. The molecule has 7 rings (SSSR count). The normalized spacial score (nSPS) is 18.5. The number of nitrogens with one attached hydrogen (secondary N) is 3. The fourth-order valence-electron chi connectivity index (χ4n) is 6.68. The van der Waals surface area contributed by atoms with E-state index in [4.69, 9.17) is 14.9 Å². The Kier molecular flexibility index (Phi) is 9.11. The van der Waals surface area contributed by atoms with Gasteiger partial charge >= 0.3 is 271 Å². The van der Waals surface area contributed by atoms with Crippen molar-refractivity contribution in [2.24, 2.45) is 5.92 Å². The molecule has 44 heavy (non-hydrogen) atoms. The Balaban J connectivity index is 1.17. The van der Waals surface area contributed by atoms with Gasteiger partial charge in [-0.05, 0) is 0 Å². The van der Waals surface area contributed by atoms with Crippen LogP contribution in [0.5, 0.6) is 0 Å². The number of fused-ring (bicyclic) bond motifs is 2. The van der Waals surface area contributed by atoms with Crippen molar-refractivity contribution in [3.63, 3.8) is 0 Å². The SMILES string of the molecule is O=C(N[C@H](CC1CNc2ccccc21)c1nnc(CCCc2c[nH]c3c2C=CCC3)n1[I-]c1ccccc1)C1CCOCC1. The predicted octanol–water partition coefficient (Wildman–Crippen LogP) is 2.65. The third kappa shape index (κ3) is 6.49. The summed E-state index contributed by atoms with van der Waals surface area (Å²) in [6.07, 6.45) is 14.1. The molecule has 0 spiro atoms. The fourth-order valence-corrected chi connectivity index (χ4v) is 9.27. The van der Waals surface area contributed by atoms with Gasteiger partial charge in [-0.2, -0.15) is 0 Å². The molecule has 3 N–H and O–H groups in total. The molecule has 2 aliphatic heterocycles. The van der Waals surface area contributed by atoms with Crippen LogP contribution < -0.4 is 32.1 Å². The molecule has 1 amide bonds. The van der Waals surface area contributed by atoms with Crippen molar-refractivity contribution in [1.82, 2.24) is 23.3 Å². The zero-order chi connectivity index (χ0) is 29.7. The third-order valence-electron chi connectivity index (χ3n) is 9.07. The molecule has 0 bridgehead atoms. The number of H-pyrrole nitrogens is 1. The number of aryl methyl sites for hydroxylation is 3. The molecule has 4 heterocycles. The number of para-hydroxylation sites is 1. The van der Waals surface area contributed by atoms with E-state index in [1.165, 1.54) is 31.6 Å². The Morgan fingerprint density at radius 3 is 2.80 bits per heavy atom. The van der Waals surface area contributed by atoms with Crippen molar-refractivity contribution in [2.45, 2.75) is 63.3 Å². The number of amides is 1. The zero-order valence-electron chi connectivity index (χ0n) is 25.0. The standard InChI is InChI=1S/C35H40IN6O2/c43-35(24-17-19-44-20-18-24)39-32(21-26-23-38-31-15-7-5-13-29(26)31)34-41-40-33(42(34)36-27-10-2-1-3-11-27)16-8-9-25-22-37-30-14-6-4-12-28(25)30/h1-5,7,10-13,15,22,24,26,32,37-38H,6,8-9,14,16-21,23H2,(H,39,43)/q-1/t26?,32-/m1/s1. The molecule has 2 atom stereocenters. The molecule has 230 valence electrons. The number of allylic oxidation sites excluding steroid dienone is 1. The average Bonchev–Trinajstić information content (AvgIpc) is 3.79. The molecule has 1 fully saturated rings. The van der Waals surface area contributed by atoms with Crippen LogP contribution in [-0.2, 0) is 28.8 Å². The van der Waals surface area contributed by atoms with E-state index in [9.17, 15) is 4.79 Å². The van der Waals surface area contributed by atoms with Crippen LogP contribution in [0, 0.1) is 9.49 Å². The second kappa shape index (κ2) is 13.7. The summed E-state index contributed by atoms with van der Waals surface area (Å²) in [6.45, 7) is 2.14. The first-order valence-corrected chi connectivity index (χ1v) is 18.0. The minimum atomic E-state index is -0.609. The monoisotopic (exact) mass is 703 g/mol. The maximum atomic E-state index is 13.7. The van der Waals surface area contributed by atoms with Crippen LogP contribution in [0.3, 0.4) is 0 Å². The summed E-state index contributed by atoms with van der Waals surface area (Å²) in [5.74, 6) is 2.27. The molecule has 8 nitrogen and oxygen atoms in total. The molecular formula is C35H40IN6O2-. The van der Waals surface area contributed by atoms with Crippen molar-refractivity contribution < 1.29 is 31.0 Å². The van der Waals surface area contributed by atoms with Gasteiger partial charge in [0.1, 0.15) is 0 Å². The number of aromatic amines is 1. The van der Waals surface area contributed by atoms with Gasteiger partial charge in [0.15, 0.2) is 0 Å². The molecule has 1 unspecified atom stereocenters. The zero-order valence-corrected chi connectivity index (χ0v) is 27.1. The summed E-state index contributed by atoms with van der Waals surface area (Å²) in [4.78, 5) is 17.2. The first-order chi connectivity index (χ1) is 21.7. The Labute approximate surface area is 269 Å². The van der Waals surface area contributed by atoms with Crippen molar-refractivity contribution in [2.75, 3.05) is 25.1 Å². The number of anilines is 1. The number of halogens is 1. The summed E-state index contributed by atoms with van der Waals surface area (Å²) < 4.78 is 9.24. The van der Waals surface area contributed by atoms with Gasteiger partial charge in [-0.25, -0.2) is 0 Å². The minimum absolute atomic E-state index is 0.0266. The van der Waals surface area contributed by atoms with Gasteiger partial charge in [-0.1, -0.05) is 0 Å². The number of rotatable bonds is 11. The van der Waals surface area contributed by atoms with Gasteiger partial charge in [0.25, 0.3) is 0 Å². The number of carbonyl (C=O) groups excluding carboxylic acids is 1. The predicted molar refractivity (Wildman–Crippen MR) is 167 cm³/mol. The molecule has 0 radical (unpaired) electrons. The van der Waals surface area contributed by atoms with Crippen molar-refractivity contribution in [1.29, 1.82) is 0 Å². The Bertz CT molecular complexity index is 1610. The van der Waals surface area contributed by atoms with Gasteiger partial charge in [0.2, 0.25) is 0 Å². The number of carbonyl (C=O) groups is 1. The first kappa shape index (κ1) is 29.3. The topological polar surface area (TPSA) is 96.9 Å². The maximum absolute atomic E-state index is 13.7. The van der Waals surface area contributed by atoms with Gasteiger partial charge in [0, 0.05) is 0 Å².